The highest BCUT2D eigenvalue weighted by Crippen LogP contribution is 2.35. The maximum absolute atomic E-state index is 12.9. The quantitative estimate of drug-likeness (QED) is 0.888. The number of aromatic amines is 1. The van der Waals surface area contributed by atoms with E-state index in [1.54, 1.807) is 0 Å². The topological polar surface area (TPSA) is 48.1 Å². The van der Waals surface area contributed by atoms with Gasteiger partial charge >= 0.3 is 0 Å². The molecular weight excluding hydrogens is 262 g/mol. The van der Waals surface area contributed by atoms with Gasteiger partial charge in [0.2, 0.25) is 0 Å². The van der Waals surface area contributed by atoms with Crippen molar-refractivity contribution in [2.24, 2.45) is 11.8 Å². The zero-order chi connectivity index (χ0) is 14.4. The van der Waals surface area contributed by atoms with E-state index >= 15 is 0 Å². The van der Waals surface area contributed by atoms with E-state index in [0.717, 1.165) is 42.5 Å². The first-order valence-electron chi connectivity index (χ1n) is 7.86. The van der Waals surface area contributed by atoms with Crippen LogP contribution in [-0.2, 0) is 0 Å². The number of fused-ring (bicyclic) bond motifs is 2. The SMILES string of the molecule is CCC1C2CNCC2CN1C(=O)c1ccc2[nH]ccc2c1. The molecule has 0 aliphatic carbocycles. The number of nitrogens with zero attached hydrogens (tertiary/aromatic N) is 1. The molecule has 2 aliphatic heterocycles. The molecule has 1 aromatic carbocycles. The van der Waals surface area contributed by atoms with Crippen molar-refractivity contribution < 1.29 is 4.79 Å². The second-order valence-electron chi connectivity index (χ2n) is 6.29. The Bertz CT molecular complexity index is 677. The first-order valence-corrected chi connectivity index (χ1v) is 7.86. The van der Waals surface area contributed by atoms with Gasteiger partial charge in [0.05, 0.1) is 0 Å². The highest BCUT2D eigenvalue weighted by atomic mass is 16.2. The van der Waals surface area contributed by atoms with Gasteiger partial charge in [0, 0.05) is 48.3 Å². The van der Waals surface area contributed by atoms with Gasteiger partial charge < -0.3 is 15.2 Å². The van der Waals surface area contributed by atoms with Crippen LogP contribution < -0.4 is 5.32 Å². The van der Waals surface area contributed by atoms with Crippen molar-refractivity contribution in [3.05, 3.63) is 36.0 Å². The highest BCUT2D eigenvalue weighted by Gasteiger charge is 2.45. The Morgan fingerprint density at radius 2 is 2.24 bits per heavy atom. The van der Waals surface area contributed by atoms with E-state index in [2.05, 4.69) is 22.1 Å². The molecule has 2 aromatic rings. The fraction of sp³-hybridized carbons (Fsp3) is 0.471. The predicted octanol–water partition coefficient (Wildman–Crippen LogP) is 2.24. The van der Waals surface area contributed by atoms with Crippen LogP contribution in [0.3, 0.4) is 0 Å². The molecule has 3 unspecified atom stereocenters. The molecule has 0 radical (unpaired) electrons. The second kappa shape index (κ2) is 4.88. The summed E-state index contributed by atoms with van der Waals surface area (Å²) >= 11 is 0. The average molecular weight is 283 g/mol. The monoisotopic (exact) mass is 283 g/mol. The lowest BCUT2D eigenvalue weighted by atomic mass is 9.93. The largest absolute Gasteiger partial charge is 0.361 e. The van der Waals surface area contributed by atoms with E-state index < -0.39 is 0 Å². The standard InChI is InChI=1S/C17H21N3O/c1-2-16-14-9-18-8-13(14)10-20(16)17(21)12-3-4-15-11(7-12)5-6-19-15/h3-7,13-14,16,18-19H,2,8-10H2,1H3. The molecule has 0 spiro atoms. The van der Waals surface area contributed by atoms with Gasteiger partial charge in [-0.3, -0.25) is 4.79 Å². The van der Waals surface area contributed by atoms with Gasteiger partial charge in [-0.1, -0.05) is 6.92 Å². The molecule has 0 bridgehead atoms. The third-order valence-electron chi connectivity index (χ3n) is 5.20. The van der Waals surface area contributed by atoms with E-state index in [4.69, 9.17) is 0 Å². The zero-order valence-electron chi connectivity index (χ0n) is 12.3. The number of aromatic nitrogens is 1. The van der Waals surface area contributed by atoms with E-state index in [1.807, 2.05) is 30.5 Å². The Balaban J connectivity index is 1.64. The molecule has 2 N–H and O–H groups in total. The van der Waals surface area contributed by atoms with Gasteiger partial charge in [0.15, 0.2) is 0 Å². The van der Waals surface area contributed by atoms with E-state index in [9.17, 15) is 4.79 Å². The molecule has 2 fully saturated rings. The van der Waals surface area contributed by atoms with Crippen molar-refractivity contribution in [3.63, 3.8) is 0 Å². The first kappa shape index (κ1) is 12.9. The normalized spacial score (nSPS) is 28.2. The predicted molar refractivity (Wildman–Crippen MR) is 83.3 cm³/mol. The minimum Gasteiger partial charge on any atom is -0.361 e. The molecule has 4 heteroatoms. The van der Waals surface area contributed by atoms with Crippen molar-refractivity contribution >= 4 is 16.8 Å². The number of H-pyrrole nitrogens is 1. The van der Waals surface area contributed by atoms with Crippen LogP contribution in [0.1, 0.15) is 23.7 Å². The summed E-state index contributed by atoms with van der Waals surface area (Å²) in [4.78, 5) is 18.2. The van der Waals surface area contributed by atoms with Crippen LogP contribution in [-0.4, -0.2) is 41.5 Å². The maximum atomic E-state index is 12.9. The van der Waals surface area contributed by atoms with Crippen LogP contribution in [0.4, 0.5) is 0 Å². The van der Waals surface area contributed by atoms with E-state index in [1.165, 1.54) is 0 Å². The number of carbonyl (C=O) groups is 1. The zero-order valence-corrected chi connectivity index (χ0v) is 12.3. The number of hydrogen-bond donors (Lipinski definition) is 2. The Hall–Kier alpha value is -1.81. The van der Waals surface area contributed by atoms with Crippen LogP contribution in [0.25, 0.3) is 10.9 Å². The van der Waals surface area contributed by atoms with Crippen LogP contribution in [0.5, 0.6) is 0 Å². The summed E-state index contributed by atoms with van der Waals surface area (Å²) in [7, 11) is 0. The molecule has 2 saturated heterocycles. The highest BCUT2D eigenvalue weighted by molar-refractivity contribution is 5.98. The van der Waals surface area contributed by atoms with Crippen LogP contribution in [0.2, 0.25) is 0 Å². The smallest absolute Gasteiger partial charge is 0.254 e. The van der Waals surface area contributed by atoms with E-state index in [-0.39, 0.29) is 5.91 Å². The third-order valence-corrected chi connectivity index (χ3v) is 5.20. The minimum atomic E-state index is 0.194. The molecule has 4 nitrogen and oxygen atoms in total. The van der Waals surface area contributed by atoms with Gasteiger partial charge in [-0.2, -0.15) is 0 Å². The molecule has 1 aromatic heterocycles. The Labute approximate surface area is 124 Å². The lowest BCUT2D eigenvalue weighted by molar-refractivity contribution is 0.0712. The van der Waals surface area contributed by atoms with Crippen molar-refractivity contribution in [2.45, 2.75) is 19.4 Å². The summed E-state index contributed by atoms with van der Waals surface area (Å²) in [6.07, 6.45) is 2.96. The first-order chi connectivity index (χ1) is 10.3. The molecule has 2 aliphatic rings. The number of likely N-dealkylation sites (tertiary alicyclic amines) is 1. The second-order valence-corrected chi connectivity index (χ2v) is 6.29. The molecule has 3 heterocycles. The molecule has 110 valence electrons. The number of carbonyl (C=O) groups excluding carboxylic acids is 1. The minimum absolute atomic E-state index is 0.194. The Kier molecular flexibility index (Phi) is 3.00. The molecule has 21 heavy (non-hydrogen) atoms. The number of hydrogen-bond acceptors (Lipinski definition) is 2. The van der Waals surface area contributed by atoms with Gasteiger partial charge in [-0.25, -0.2) is 0 Å². The number of benzene rings is 1. The number of amides is 1. The van der Waals surface area contributed by atoms with Crippen molar-refractivity contribution in [1.82, 2.24) is 15.2 Å². The van der Waals surface area contributed by atoms with Gasteiger partial charge in [0.1, 0.15) is 0 Å². The average Bonchev–Trinajstić information content (AvgIpc) is 3.20. The van der Waals surface area contributed by atoms with Crippen LogP contribution >= 0.6 is 0 Å². The fourth-order valence-corrected chi connectivity index (χ4v) is 4.13. The lowest BCUT2D eigenvalue weighted by Crippen LogP contribution is -2.39. The van der Waals surface area contributed by atoms with Crippen LogP contribution in [0.15, 0.2) is 30.5 Å². The Morgan fingerprint density at radius 3 is 3.10 bits per heavy atom. The summed E-state index contributed by atoms with van der Waals surface area (Å²) < 4.78 is 0. The summed E-state index contributed by atoms with van der Waals surface area (Å²) in [5, 5.41) is 4.57. The third kappa shape index (κ3) is 1.97. The summed E-state index contributed by atoms with van der Waals surface area (Å²) in [6.45, 7) is 5.22. The van der Waals surface area contributed by atoms with Crippen molar-refractivity contribution in [1.29, 1.82) is 0 Å². The summed E-state index contributed by atoms with van der Waals surface area (Å²) in [5.74, 6) is 1.46. The number of rotatable bonds is 2. The summed E-state index contributed by atoms with van der Waals surface area (Å²) in [5.41, 5.74) is 1.90. The summed E-state index contributed by atoms with van der Waals surface area (Å²) in [6, 6.07) is 8.36. The molecular formula is C17H21N3O. The molecule has 1 amide bonds. The van der Waals surface area contributed by atoms with Gasteiger partial charge in [-0.05, 0) is 42.5 Å². The van der Waals surface area contributed by atoms with Crippen molar-refractivity contribution in [2.75, 3.05) is 19.6 Å². The molecule has 4 rings (SSSR count). The number of nitrogens with one attached hydrogen (secondary N) is 2. The van der Waals surface area contributed by atoms with Gasteiger partial charge in [-0.15, -0.1) is 0 Å². The fourth-order valence-electron chi connectivity index (χ4n) is 4.13. The lowest BCUT2D eigenvalue weighted by Gasteiger charge is -2.27. The molecule has 3 atom stereocenters. The van der Waals surface area contributed by atoms with Crippen molar-refractivity contribution in [3.8, 4) is 0 Å². The Morgan fingerprint density at radius 1 is 1.33 bits per heavy atom. The van der Waals surface area contributed by atoms with Gasteiger partial charge in [0.25, 0.3) is 5.91 Å². The van der Waals surface area contributed by atoms with Crippen LogP contribution in [0, 0.1) is 11.8 Å². The van der Waals surface area contributed by atoms with E-state index in [0.29, 0.717) is 17.9 Å². The maximum Gasteiger partial charge on any atom is 0.254 e. The molecule has 0 saturated carbocycles.